The van der Waals surface area contributed by atoms with E-state index in [0.717, 1.165) is 0 Å². The summed E-state index contributed by atoms with van der Waals surface area (Å²) < 4.78 is 0. The molecule has 94 valence electrons. The molecule has 7 heteroatoms. The Morgan fingerprint density at radius 1 is 1.35 bits per heavy atom. The van der Waals surface area contributed by atoms with Crippen LogP contribution in [0.3, 0.4) is 0 Å². The fourth-order valence-electron chi connectivity index (χ4n) is 1.10. The molecule has 0 saturated carbocycles. The second-order valence-electron chi connectivity index (χ2n) is 3.04. The summed E-state index contributed by atoms with van der Waals surface area (Å²) in [5, 5.41) is 3.07. The molecule has 0 unspecified atom stereocenters. The molecule has 0 radical (unpaired) electrons. The summed E-state index contributed by atoms with van der Waals surface area (Å²) in [7, 11) is 0. The molecule has 0 saturated heterocycles. The van der Waals surface area contributed by atoms with Gasteiger partial charge in [-0.25, -0.2) is 0 Å². The van der Waals surface area contributed by atoms with Crippen molar-refractivity contribution in [3.05, 3.63) is 34.9 Å². The quantitative estimate of drug-likeness (QED) is 0.320. The number of hydrogen-bond donors (Lipinski definition) is 3. The van der Waals surface area contributed by atoms with Crippen LogP contribution in [0.5, 0.6) is 0 Å². The van der Waals surface area contributed by atoms with Crippen LogP contribution in [0.4, 0.5) is 0 Å². The number of benzene rings is 1. The highest BCUT2D eigenvalue weighted by molar-refractivity contribution is 14.0. The van der Waals surface area contributed by atoms with Gasteiger partial charge in [0.05, 0.1) is 17.1 Å². The maximum absolute atomic E-state index is 11.6. The van der Waals surface area contributed by atoms with Gasteiger partial charge in [0.25, 0.3) is 5.91 Å². The fourth-order valence-corrected chi connectivity index (χ4v) is 1.32. The van der Waals surface area contributed by atoms with Gasteiger partial charge >= 0.3 is 0 Å². The second-order valence-corrected chi connectivity index (χ2v) is 3.45. The normalized spacial score (nSPS) is 9.00. The van der Waals surface area contributed by atoms with Crippen LogP contribution in [-0.4, -0.2) is 25.0 Å². The zero-order valence-corrected chi connectivity index (χ0v) is 12.1. The van der Waals surface area contributed by atoms with Crippen LogP contribution in [0.25, 0.3) is 0 Å². The van der Waals surface area contributed by atoms with Gasteiger partial charge in [0.1, 0.15) is 0 Å². The number of hydrogen-bond acceptors (Lipinski definition) is 2. The first-order valence-corrected chi connectivity index (χ1v) is 5.07. The Hall–Kier alpha value is -1.02. The molecule has 17 heavy (non-hydrogen) atoms. The summed E-state index contributed by atoms with van der Waals surface area (Å²) in [4.78, 5) is 15.3. The third-order valence-electron chi connectivity index (χ3n) is 1.81. The Bertz CT molecular complexity index is 407. The predicted molar refractivity (Wildman–Crippen MR) is 79.9 cm³/mol. The van der Waals surface area contributed by atoms with E-state index in [1.165, 1.54) is 0 Å². The van der Waals surface area contributed by atoms with Crippen LogP contribution in [-0.2, 0) is 0 Å². The lowest BCUT2D eigenvalue weighted by molar-refractivity contribution is 0.0955. The molecule has 0 aliphatic carbocycles. The van der Waals surface area contributed by atoms with E-state index in [2.05, 4.69) is 10.3 Å². The fraction of sp³-hybridized carbons (Fsp3) is 0.200. The number of carbonyl (C=O) groups excluding carboxylic acids is 1. The zero-order chi connectivity index (χ0) is 12.0. The van der Waals surface area contributed by atoms with Crippen molar-refractivity contribution in [2.75, 3.05) is 13.1 Å². The van der Waals surface area contributed by atoms with Crippen molar-refractivity contribution in [1.82, 2.24) is 5.32 Å². The first-order chi connectivity index (χ1) is 7.61. The topological polar surface area (TPSA) is 93.5 Å². The summed E-state index contributed by atoms with van der Waals surface area (Å²) in [6, 6.07) is 6.82. The molecule has 0 atom stereocenters. The molecule has 0 bridgehead atoms. The molecule has 1 rings (SSSR count). The highest BCUT2D eigenvalue weighted by Gasteiger charge is 2.07. The number of aliphatic imine (C=N–C) groups is 1. The lowest BCUT2D eigenvalue weighted by atomic mass is 10.2. The summed E-state index contributed by atoms with van der Waals surface area (Å²) in [6.45, 7) is 0.709. The van der Waals surface area contributed by atoms with Crippen LogP contribution in [0.15, 0.2) is 29.3 Å². The van der Waals surface area contributed by atoms with Crippen LogP contribution < -0.4 is 16.8 Å². The van der Waals surface area contributed by atoms with E-state index in [9.17, 15) is 4.79 Å². The number of amides is 1. The monoisotopic (exact) mass is 368 g/mol. The van der Waals surface area contributed by atoms with Crippen molar-refractivity contribution in [2.45, 2.75) is 0 Å². The third kappa shape index (κ3) is 5.73. The molecule has 1 amide bonds. The van der Waals surface area contributed by atoms with Crippen LogP contribution in [0.2, 0.25) is 5.02 Å². The highest BCUT2D eigenvalue weighted by Crippen LogP contribution is 2.14. The Morgan fingerprint density at radius 3 is 2.59 bits per heavy atom. The van der Waals surface area contributed by atoms with E-state index in [4.69, 9.17) is 23.1 Å². The first kappa shape index (κ1) is 16.0. The summed E-state index contributed by atoms with van der Waals surface area (Å²) >= 11 is 5.85. The van der Waals surface area contributed by atoms with Crippen molar-refractivity contribution < 1.29 is 4.79 Å². The predicted octanol–water partition coefficient (Wildman–Crippen LogP) is 0.961. The van der Waals surface area contributed by atoms with Crippen molar-refractivity contribution in [3.63, 3.8) is 0 Å². The lowest BCUT2D eigenvalue weighted by Gasteiger charge is -2.04. The van der Waals surface area contributed by atoms with Gasteiger partial charge in [0.2, 0.25) is 0 Å². The molecule has 0 heterocycles. The largest absolute Gasteiger partial charge is 0.370 e. The number of nitrogens with zero attached hydrogens (tertiary/aromatic N) is 1. The number of nitrogens with two attached hydrogens (primary N) is 2. The van der Waals surface area contributed by atoms with Crippen LogP contribution >= 0.6 is 35.6 Å². The molecule has 5 nitrogen and oxygen atoms in total. The van der Waals surface area contributed by atoms with E-state index in [1.54, 1.807) is 24.3 Å². The number of carbonyl (C=O) groups is 1. The van der Waals surface area contributed by atoms with Gasteiger partial charge in [-0.05, 0) is 12.1 Å². The van der Waals surface area contributed by atoms with Gasteiger partial charge in [0.15, 0.2) is 5.96 Å². The SMILES string of the molecule is I.NC(N)=NCCNC(=O)c1ccccc1Cl. The van der Waals surface area contributed by atoms with E-state index in [0.29, 0.717) is 23.7 Å². The average Bonchev–Trinajstić information content (AvgIpc) is 2.24. The summed E-state index contributed by atoms with van der Waals surface area (Å²) in [5.41, 5.74) is 10.7. The Morgan fingerprint density at radius 2 is 2.00 bits per heavy atom. The molecule has 0 fully saturated rings. The minimum Gasteiger partial charge on any atom is -0.370 e. The highest BCUT2D eigenvalue weighted by atomic mass is 127. The summed E-state index contributed by atoms with van der Waals surface area (Å²) in [6.07, 6.45) is 0. The van der Waals surface area contributed by atoms with Gasteiger partial charge < -0.3 is 16.8 Å². The van der Waals surface area contributed by atoms with Gasteiger partial charge in [0, 0.05) is 6.54 Å². The van der Waals surface area contributed by atoms with Gasteiger partial charge in [-0.2, -0.15) is 0 Å². The summed E-state index contributed by atoms with van der Waals surface area (Å²) in [5.74, 6) is -0.233. The average molecular weight is 369 g/mol. The van der Waals surface area contributed by atoms with Crippen molar-refractivity contribution >= 4 is 47.4 Å². The van der Waals surface area contributed by atoms with Gasteiger partial charge in [-0.3, -0.25) is 9.79 Å². The zero-order valence-electron chi connectivity index (χ0n) is 9.02. The molecule has 0 spiro atoms. The van der Waals surface area contributed by atoms with Crippen molar-refractivity contribution in [1.29, 1.82) is 0 Å². The lowest BCUT2D eigenvalue weighted by Crippen LogP contribution is -2.28. The van der Waals surface area contributed by atoms with Crippen molar-refractivity contribution in [3.8, 4) is 0 Å². The minimum atomic E-state index is -0.239. The van der Waals surface area contributed by atoms with E-state index < -0.39 is 0 Å². The third-order valence-corrected chi connectivity index (χ3v) is 2.14. The smallest absolute Gasteiger partial charge is 0.252 e. The van der Waals surface area contributed by atoms with Gasteiger partial charge in [-0.15, -0.1) is 24.0 Å². The molecule has 1 aromatic carbocycles. The Labute approximate surface area is 122 Å². The van der Waals surface area contributed by atoms with Crippen LogP contribution in [0.1, 0.15) is 10.4 Å². The molecule has 1 aromatic rings. The minimum absolute atomic E-state index is 0. The molecule has 5 N–H and O–H groups in total. The maximum atomic E-state index is 11.6. The number of guanidine groups is 1. The number of halogens is 2. The molecule has 0 aromatic heterocycles. The van der Waals surface area contributed by atoms with Crippen LogP contribution in [0, 0.1) is 0 Å². The van der Waals surface area contributed by atoms with E-state index >= 15 is 0 Å². The molecular weight excluding hydrogens is 354 g/mol. The molecule has 0 aliphatic rings. The van der Waals surface area contributed by atoms with E-state index in [1.807, 2.05) is 0 Å². The first-order valence-electron chi connectivity index (χ1n) is 4.69. The van der Waals surface area contributed by atoms with Gasteiger partial charge in [-0.1, -0.05) is 23.7 Å². The number of rotatable bonds is 4. The number of nitrogens with one attached hydrogen (secondary N) is 1. The Balaban J connectivity index is 0.00000256. The standard InChI is InChI=1S/C10H13ClN4O.HI/c11-8-4-2-1-3-7(8)9(16)14-5-6-15-10(12)13;/h1-4H,5-6H2,(H,14,16)(H4,12,13,15);1H. The van der Waals surface area contributed by atoms with Crippen molar-refractivity contribution in [2.24, 2.45) is 16.5 Å². The second kappa shape index (κ2) is 8.13. The molecule has 0 aliphatic heterocycles. The molecular formula is C10H14ClIN4O. The Kier molecular flexibility index (Phi) is 7.64. The maximum Gasteiger partial charge on any atom is 0.252 e. The van der Waals surface area contributed by atoms with E-state index in [-0.39, 0.29) is 35.8 Å².